The number of hydrogen-bond acceptors (Lipinski definition) is 3. The van der Waals surface area contributed by atoms with Crippen molar-refractivity contribution in [2.24, 2.45) is 0 Å². The quantitative estimate of drug-likeness (QED) is 0.814. The van der Waals surface area contributed by atoms with Gasteiger partial charge in [0.15, 0.2) is 0 Å². The van der Waals surface area contributed by atoms with Gasteiger partial charge in [0.05, 0.1) is 15.6 Å². The Kier molecular flexibility index (Phi) is 6.31. The molecule has 2 aliphatic rings. The Morgan fingerprint density at radius 3 is 2.58 bits per heavy atom. The third kappa shape index (κ3) is 4.78. The van der Waals surface area contributed by atoms with Gasteiger partial charge in [0.2, 0.25) is 0 Å². The molecule has 3 nitrogen and oxygen atoms in total. The molecular weight excluding hydrogens is 345 g/mol. The van der Waals surface area contributed by atoms with E-state index in [2.05, 4.69) is 4.90 Å². The zero-order valence-electron chi connectivity index (χ0n) is 14.1. The second kappa shape index (κ2) is 8.27. The first kappa shape index (κ1) is 18.3. The van der Waals surface area contributed by atoms with Crippen LogP contribution in [0, 0.1) is 0 Å². The van der Waals surface area contributed by atoms with Crippen molar-refractivity contribution in [3.63, 3.8) is 0 Å². The highest BCUT2D eigenvalue weighted by Gasteiger charge is 2.33. The van der Waals surface area contributed by atoms with Crippen molar-refractivity contribution in [1.82, 2.24) is 4.90 Å². The van der Waals surface area contributed by atoms with Gasteiger partial charge in [-0.15, -0.1) is 0 Å². The minimum Gasteiger partial charge on any atom is -0.491 e. The van der Waals surface area contributed by atoms with Gasteiger partial charge in [-0.05, 0) is 50.8 Å². The van der Waals surface area contributed by atoms with Crippen molar-refractivity contribution in [2.75, 3.05) is 19.7 Å². The Morgan fingerprint density at radius 1 is 1.04 bits per heavy atom. The highest BCUT2D eigenvalue weighted by atomic mass is 35.5. The second-order valence-corrected chi connectivity index (χ2v) is 8.08. The molecule has 1 N–H and O–H groups in total. The van der Waals surface area contributed by atoms with Crippen LogP contribution in [-0.2, 0) is 0 Å². The third-order valence-corrected chi connectivity index (χ3v) is 6.18. The Morgan fingerprint density at radius 2 is 1.83 bits per heavy atom. The molecule has 1 aliphatic heterocycles. The van der Waals surface area contributed by atoms with Gasteiger partial charge >= 0.3 is 0 Å². The number of aliphatic hydroxyl groups is 1. The van der Waals surface area contributed by atoms with Crippen molar-refractivity contribution < 1.29 is 9.84 Å². The van der Waals surface area contributed by atoms with Gasteiger partial charge in [-0.1, -0.05) is 42.5 Å². The van der Waals surface area contributed by atoms with Gasteiger partial charge < -0.3 is 14.7 Å². The minimum absolute atomic E-state index is 0.309. The van der Waals surface area contributed by atoms with E-state index in [1.807, 2.05) is 0 Å². The fourth-order valence-electron chi connectivity index (χ4n) is 3.94. The number of ether oxygens (including phenoxy) is 1. The first-order valence-corrected chi connectivity index (χ1v) is 9.86. The van der Waals surface area contributed by atoms with Crippen LogP contribution in [0.25, 0.3) is 0 Å². The molecule has 1 atom stereocenters. The Labute approximate surface area is 154 Å². The zero-order valence-corrected chi connectivity index (χ0v) is 15.7. The summed E-state index contributed by atoms with van der Waals surface area (Å²) in [6, 6.07) is 5.94. The topological polar surface area (TPSA) is 32.7 Å². The van der Waals surface area contributed by atoms with Crippen LogP contribution in [-0.4, -0.2) is 41.3 Å². The predicted molar refractivity (Wildman–Crippen MR) is 99.2 cm³/mol. The molecule has 0 unspecified atom stereocenters. The molecule has 1 saturated carbocycles. The second-order valence-electron chi connectivity index (χ2n) is 7.27. The minimum atomic E-state index is -0.754. The molecule has 0 spiro atoms. The van der Waals surface area contributed by atoms with E-state index >= 15 is 0 Å². The average Bonchev–Trinajstić information content (AvgIpc) is 2.79. The molecule has 0 bridgehead atoms. The first-order valence-electron chi connectivity index (χ1n) is 9.10. The molecule has 1 saturated heterocycles. The number of rotatable bonds is 4. The van der Waals surface area contributed by atoms with Crippen molar-refractivity contribution in [3.8, 4) is 5.75 Å². The van der Waals surface area contributed by atoms with Gasteiger partial charge in [0.25, 0.3) is 0 Å². The lowest BCUT2D eigenvalue weighted by molar-refractivity contribution is -0.0178. The summed E-state index contributed by atoms with van der Waals surface area (Å²) < 4.78 is 5.81. The molecule has 134 valence electrons. The average molecular weight is 372 g/mol. The lowest BCUT2D eigenvalue weighted by atomic mass is 9.94. The maximum absolute atomic E-state index is 10.9. The summed E-state index contributed by atoms with van der Waals surface area (Å²) >= 11 is 11.9. The largest absolute Gasteiger partial charge is 0.491 e. The van der Waals surface area contributed by atoms with E-state index < -0.39 is 5.60 Å². The van der Waals surface area contributed by atoms with Crippen molar-refractivity contribution in [3.05, 3.63) is 28.2 Å². The molecule has 2 fully saturated rings. The van der Waals surface area contributed by atoms with Crippen LogP contribution in [0.15, 0.2) is 18.2 Å². The highest BCUT2D eigenvalue weighted by molar-refractivity contribution is 6.42. The van der Waals surface area contributed by atoms with Crippen molar-refractivity contribution >= 4 is 23.2 Å². The van der Waals surface area contributed by atoms with Crippen LogP contribution in [0.4, 0.5) is 0 Å². The van der Waals surface area contributed by atoms with E-state index in [4.69, 9.17) is 27.9 Å². The summed E-state index contributed by atoms with van der Waals surface area (Å²) in [5.74, 6) is 0.659. The van der Waals surface area contributed by atoms with E-state index in [-0.39, 0.29) is 0 Å². The lowest BCUT2D eigenvalue weighted by Gasteiger charge is -2.34. The highest BCUT2D eigenvalue weighted by Crippen LogP contribution is 2.30. The molecule has 1 aliphatic carbocycles. The van der Waals surface area contributed by atoms with E-state index in [1.54, 1.807) is 18.2 Å². The van der Waals surface area contributed by atoms with Crippen molar-refractivity contribution in [1.29, 1.82) is 0 Å². The maximum Gasteiger partial charge on any atom is 0.121 e. The van der Waals surface area contributed by atoms with Gasteiger partial charge in [-0.25, -0.2) is 0 Å². The normalized spacial score (nSPS) is 27.0. The molecular formula is C19H27Cl2NO2. The van der Waals surface area contributed by atoms with Gasteiger partial charge in [0.1, 0.15) is 12.4 Å². The Hall–Kier alpha value is -0.480. The molecule has 0 amide bonds. The van der Waals surface area contributed by atoms with Crippen LogP contribution < -0.4 is 4.74 Å². The summed E-state index contributed by atoms with van der Waals surface area (Å²) in [4.78, 5) is 2.59. The van der Waals surface area contributed by atoms with Crippen LogP contribution in [0.1, 0.15) is 51.4 Å². The van der Waals surface area contributed by atoms with Gasteiger partial charge in [-0.2, -0.15) is 0 Å². The number of hydrogen-bond donors (Lipinski definition) is 1. The summed E-state index contributed by atoms with van der Waals surface area (Å²) in [6.45, 7) is 2.37. The first-order chi connectivity index (χ1) is 11.6. The van der Waals surface area contributed by atoms with Gasteiger partial charge in [-0.3, -0.25) is 0 Å². The van der Waals surface area contributed by atoms with E-state index in [0.29, 0.717) is 22.4 Å². The Bertz CT molecular complexity index is 548. The fraction of sp³-hybridized carbons (Fsp3) is 0.684. The number of halogens is 2. The standard InChI is InChI=1S/C19H27Cl2NO2/c20-17-8-7-16(13-18(17)21)24-14-19(23)9-4-11-22(12-10-19)15-5-2-1-3-6-15/h7-8,13,15,23H,1-6,9-12,14H2/t19-/m1/s1. The molecule has 1 aromatic carbocycles. The van der Waals surface area contributed by atoms with Crippen LogP contribution in [0.3, 0.4) is 0 Å². The number of benzene rings is 1. The monoisotopic (exact) mass is 371 g/mol. The molecule has 1 heterocycles. The fourth-order valence-corrected chi connectivity index (χ4v) is 4.23. The molecule has 0 radical (unpaired) electrons. The van der Waals surface area contributed by atoms with E-state index in [9.17, 15) is 5.11 Å². The van der Waals surface area contributed by atoms with E-state index in [1.165, 1.54) is 32.1 Å². The van der Waals surface area contributed by atoms with E-state index in [0.717, 1.165) is 38.4 Å². The maximum atomic E-state index is 10.9. The third-order valence-electron chi connectivity index (χ3n) is 5.44. The summed E-state index contributed by atoms with van der Waals surface area (Å²) in [6.07, 6.45) is 9.31. The SMILES string of the molecule is O[C@]1(COc2ccc(Cl)c(Cl)c2)CCCN(C2CCCCC2)CC1. The molecule has 1 aromatic rings. The molecule has 24 heavy (non-hydrogen) atoms. The van der Waals surface area contributed by atoms with Crippen LogP contribution >= 0.6 is 23.2 Å². The molecule has 0 aromatic heterocycles. The number of nitrogens with zero attached hydrogens (tertiary/aromatic N) is 1. The molecule has 3 rings (SSSR count). The smallest absolute Gasteiger partial charge is 0.121 e. The summed E-state index contributed by atoms with van der Waals surface area (Å²) in [7, 11) is 0. The van der Waals surface area contributed by atoms with Crippen LogP contribution in [0.2, 0.25) is 10.0 Å². The predicted octanol–water partition coefficient (Wildman–Crippen LogP) is 4.92. The van der Waals surface area contributed by atoms with Gasteiger partial charge in [0, 0.05) is 18.7 Å². The lowest BCUT2D eigenvalue weighted by Crippen LogP contribution is -2.40. The zero-order chi connectivity index (χ0) is 17.0. The van der Waals surface area contributed by atoms with Crippen LogP contribution in [0.5, 0.6) is 5.75 Å². The summed E-state index contributed by atoms with van der Waals surface area (Å²) in [5.41, 5.74) is -0.754. The summed E-state index contributed by atoms with van der Waals surface area (Å²) in [5, 5.41) is 11.9. The van der Waals surface area contributed by atoms with Crippen molar-refractivity contribution in [2.45, 2.75) is 63.0 Å². The molecule has 5 heteroatoms. The Balaban J connectivity index is 1.54. The number of likely N-dealkylation sites (tertiary alicyclic amines) is 1.